The van der Waals surface area contributed by atoms with Gasteiger partial charge in [0.05, 0.1) is 11.1 Å². The fourth-order valence-corrected chi connectivity index (χ4v) is 2.41. The first-order valence-corrected chi connectivity index (χ1v) is 7.76. The molecule has 0 aliphatic carbocycles. The number of rotatable bonds is 7. The highest BCUT2D eigenvalue weighted by Crippen LogP contribution is 2.29. The van der Waals surface area contributed by atoms with Gasteiger partial charge in [-0.3, -0.25) is 0 Å². The normalized spacial score (nSPS) is 11.9. The molecule has 108 valence electrons. The van der Waals surface area contributed by atoms with Crippen LogP contribution in [0.2, 0.25) is 5.02 Å². The zero-order valence-corrected chi connectivity index (χ0v) is 14.4. The number of benzene rings is 1. The van der Waals surface area contributed by atoms with E-state index in [1.54, 1.807) is 0 Å². The lowest BCUT2D eigenvalue weighted by Gasteiger charge is -2.26. The van der Waals surface area contributed by atoms with E-state index in [0.717, 1.165) is 23.3 Å². The molecule has 0 saturated heterocycles. The molecule has 0 spiro atoms. The molecule has 0 heterocycles. The molecule has 0 fully saturated rings. The third-order valence-corrected chi connectivity index (χ3v) is 3.52. The third kappa shape index (κ3) is 6.64. The summed E-state index contributed by atoms with van der Waals surface area (Å²) in [6.45, 7) is 11.5. The van der Waals surface area contributed by atoms with E-state index in [0.29, 0.717) is 17.5 Å². The Labute approximate surface area is 130 Å². The van der Waals surface area contributed by atoms with Crippen LogP contribution in [0.25, 0.3) is 0 Å². The molecular weight excluding hydrogens is 326 g/mol. The minimum absolute atomic E-state index is 0.0912. The Hall–Kier alpha value is -0.250. The zero-order chi connectivity index (χ0) is 14.5. The van der Waals surface area contributed by atoms with Crippen molar-refractivity contribution in [1.29, 1.82) is 0 Å². The molecule has 0 aliphatic rings. The van der Waals surface area contributed by atoms with E-state index in [1.807, 2.05) is 18.2 Å². The van der Waals surface area contributed by atoms with Crippen molar-refractivity contribution >= 4 is 27.5 Å². The maximum atomic E-state index is 5.91. The first-order chi connectivity index (χ1) is 8.80. The second-order valence-corrected chi connectivity index (χ2v) is 7.34. The van der Waals surface area contributed by atoms with Crippen LogP contribution >= 0.6 is 27.5 Å². The molecule has 4 heteroatoms. The smallest absolute Gasteiger partial charge is 0.133 e. The average Bonchev–Trinajstić information content (AvgIpc) is 2.27. The molecule has 0 unspecified atom stereocenters. The number of nitrogens with one attached hydrogen (secondary N) is 1. The molecule has 2 nitrogen and oxygen atoms in total. The van der Waals surface area contributed by atoms with Crippen LogP contribution in [0.3, 0.4) is 0 Å². The minimum atomic E-state index is 0.0912. The molecule has 0 aliphatic heterocycles. The van der Waals surface area contributed by atoms with Crippen LogP contribution in [0.5, 0.6) is 5.75 Å². The minimum Gasteiger partial charge on any atom is -0.492 e. The van der Waals surface area contributed by atoms with Gasteiger partial charge in [0, 0.05) is 17.0 Å². The Morgan fingerprint density at radius 3 is 2.63 bits per heavy atom. The van der Waals surface area contributed by atoms with Crippen LogP contribution in [0.15, 0.2) is 22.7 Å². The molecule has 0 bridgehead atoms. The SMILES string of the molecule is CC(C)CNCC(C)(C)COc1ccc(Cl)cc1Br. The molecule has 0 atom stereocenters. The molecule has 0 amide bonds. The first-order valence-electron chi connectivity index (χ1n) is 6.59. The van der Waals surface area contributed by atoms with E-state index in [2.05, 4.69) is 48.9 Å². The largest absolute Gasteiger partial charge is 0.492 e. The molecule has 0 radical (unpaired) electrons. The van der Waals surface area contributed by atoms with Gasteiger partial charge in [0.1, 0.15) is 5.75 Å². The van der Waals surface area contributed by atoms with Gasteiger partial charge in [-0.1, -0.05) is 39.3 Å². The van der Waals surface area contributed by atoms with Gasteiger partial charge >= 0.3 is 0 Å². The molecule has 1 N–H and O–H groups in total. The Kier molecular flexibility index (Phi) is 6.64. The third-order valence-electron chi connectivity index (χ3n) is 2.67. The van der Waals surface area contributed by atoms with Crippen LogP contribution in [0.1, 0.15) is 27.7 Å². The van der Waals surface area contributed by atoms with E-state index in [4.69, 9.17) is 16.3 Å². The second-order valence-electron chi connectivity index (χ2n) is 6.05. The Morgan fingerprint density at radius 2 is 2.05 bits per heavy atom. The molecule has 1 aromatic carbocycles. The highest BCUT2D eigenvalue weighted by atomic mass is 79.9. The monoisotopic (exact) mass is 347 g/mol. The summed E-state index contributed by atoms with van der Waals surface area (Å²) in [5, 5.41) is 4.18. The van der Waals surface area contributed by atoms with Gasteiger partial charge in [-0.05, 0) is 46.6 Å². The zero-order valence-electron chi connectivity index (χ0n) is 12.1. The summed E-state index contributed by atoms with van der Waals surface area (Å²) in [5.74, 6) is 1.50. The first kappa shape index (κ1) is 16.8. The number of ether oxygens (including phenoxy) is 1. The molecule has 1 aromatic rings. The van der Waals surface area contributed by atoms with E-state index in [1.165, 1.54) is 0 Å². The number of hydrogen-bond acceptors (Lipinski definition) is 2. The van der Waals surface area contributed by atoms with Crippen LogP contribution in [0, 0.1) is 11.3 Å². The predicted octanol–water partition coefficient (Wildman–Crippen LogP) is 4.75. The van der Waals surface area contributed by atoms with E-state index in [-0.39, 0.29) is 5.41 Å². The summed E-state index contributed by atoms with van der Waals surface area (Å²) in [6.07, 6.45) is 0. The molecule has 1 rings (SSSR count). The van der Waals surface area contributed by atoms with Crippen molar-refractivity contribution < 1.29 is 4.74 Å². The van der Waals surface area contributed by atoms with Crippen molar-refractivity contribution in [3.63, 3.8) is 0 Å². The van der Waals surface area contributed by atoms with Crippen LogP contribution in [-0.2, 0) is 0 Å². The van der Waals surface area contributed by atoms with Crippen LogP contribution < -0.4 is 10.1 Å². The number of halogens is 2. The van der Waals surface area contributed by atoms with Gasteiger partial charge in [0.25, 0.3) is 0 Å². The van der Waals surface area contributed by atoms with Gasteiger partial charge in [-0.2, -0.15) is 0 Å². The fraction of sp³-hybridized carbons (Fsp3) is 0.600. The van der Waals surface area contributed by atoms with Gasteiger partial charge in [0.2, 0.25) is 0 Å². The molecular formula is C15H23BrClNO. The summed E-state index contributed by atoms with van der Waals surface area (Å²) in [6, 6.07) is 5.58. The lowest BCUT2D eigenvalue weighted by atomic mass is 9.94. The second kappa shape index (κ2) is 7.51. The maximum Gasteiger partial charge on any atom is 0.133 e. The average molecular weight is 349 g/mol. The van der Waals surface area contributed by atoms with Crippen molar-refractivity contribution in [3.05, 3.63) is 27.7 Å². The summed E-state index contributed by atoms with van der Waals surface area (Å²) in [4.78, 5) is 0. The summed E-state index contributed by atoms with van der Waals surface area (Å²) in [7, 11) is 0. The maximum absolute atomic E-state index is 5.91. The summed E-state index contributed by atoms with van der Waals surface area (Å²) >= 11 is 9.37. The van der Waals surface area contributed by atoms with Gasteiger partial charge in [-0.15, -0.1) is 0 Å². The molecule has 0 aromatic heterocycles. The fourth-order valence-electron chi connectivity index (χ4n) is 1.62. The Balaban J connectivity index is 2.45. The van der Waals surface area contributed by atoms with Crippen molar-refractivity contribution in [2.24, 2.45) is 11.3 Å². The van der Waals surface area contributed by atoms with E-state index < -0.39 is 0 Å². The van der Waals surface area contributed by atoms with Crippen LogP contribution in [0.4, 0.5) is 0 Å². The number of hydrogen-bond donors (Lipinski definition) is 1. The topological polar surface area (TPSA) is 21.3 Å². The van der Waals surface area contributed by atoms with Gasteiger partial charge in [0.15, 0.2) is 0 Å². The quantitative estimate of drug-likeness (QED) is 0.767. The molecule has 19 heavy (non-hydrogen) atoms. The van der Waals surface area contributed by atoms with Crippen molar-refractivity contribution in [1.82, 2.24) is 5.32 Å². The van der Waals surface area contributed by atoms with E-state index >= 15 is 0 Å². The summed E-state index contributed by atoms with van der Waals surface area (Å²) in [5.41, 5.74) is 0.0912. The van der Waals surface area contributed by atoms with Crippen molar-refractivity contribution in [3.8, 4) is 5.75 Å². The van der Waals surface area contributed by atoms with E-state index in [9.17, 15) is 0 Å². The van der Waals surface area contributed by atoms with Crippen LogP contribution in [-0.4, -0.2) is 19.7 Å². The van der Waals surface area contributed by atoms with Gasteiger partial charge in [-0.25, -0.2) is 0 Å². The Morgan fingerprint density at radius 1 is 1.37 bits per heavy atom. The highest BCUT2D eigenvalue weighted by molar-refractivity contribution is 9.10. The lowest BCUT2D eigenvalue weighted by Crippen LogP contribution is -2.35. The highest BCUT2D eigenvalue weighted by Gasteiger charge is 2.19. The van der Waals surface area contributed by atoms with Gasteiger partial charge < -0.3 is 10.1 Å². The molecule has 0 saturated carbocycles. The predicted molar refractivity (Wildman–Crippen MR) is 86.1 cm³/mol. The summed E-state index contributed by atoms with van der Waals surface area (Å²) < 4.78 is 6.76. The Bertz CT molecular complexity index is 407. The standard InChI is InChI=1S/C15H23BrClNO/c1-11(2)8-18-9-15(3,4)10-19-14-6-5-12(17)7-13(14)16/h5-7,11,18H,8-10H2,1-4H3. The van der Waals surface area contributed by atoms with Crippen molar-refractivity contribution in [2.75, 3.05) is 19.7 Å². The van der Waals surface area contributed by atoms with Crippen molar-refractivity contribution in [2.45, 2.75) is 27.7 Å². The lowest BCUT2D eigenvalue weighted by molar-refractivity contribution is 0.174.